The van der Waals surface area contributed by atoms with Crippen molar-refractivity contribution >= 4 is 23.7 Å². The molecule has 0 saturated heterocycles. The number of hydrogen-bond donors (Lipinski definition) is 8. The minimum atomic E-state index is -1.25. The first-order chi connectivity index (χ1) is 19.8. The van der Waals surface area contributed by atoms with Gasteiger partial charge in [0.25, 0.3) is 0 Å². The van der Waals surface area contributed by atoms with Crippen LogP contribution in [0.25, 0.3) is 0 Å². The Labute approximate surface area is 237 Å². The highest BCUT2D eigenvalue weighted by Crippen LogP contribution is 2.08. The fourth-order valence-corrected chi connectivity index (χ4v) is 4.19. The van der Waals surface area contributed by atoms with Crippen molar-refractivity contribution in [2.45, 2.75) is 62.7 Å². The van der Waals surface area contributed by atoms with E-state index in [-0.39, 0.29) is 25.7 Å². The highest BCUT2D eigenvalue weighted by Gasteiger charge is 2.30. The predicted octanol–water partition coefficient (Wildman–Crippen LogP) is -0.844. The maximum absolute atomic E-state index is 13.5. The number of H-pyrrole nitrogens is 2. The van der Waals surface area contributed by atoms with E-state index in [9.17, 15) is 24.3 Å². The Hall–Kier alpha value is -4.56. The molecule has 10 N–H and O–H groups in total. The number of amides is 3. The van der Waals surface area contributed by atoms with Gasteiger partial charge in [0, 0.05) is 43.0 Å². The number of carbonyl (C=O) groups excluding carboxylic acids is 3. The van der Waals surface area contributed by atoms with Gasteiger partial charge in [-0.3, -0.25) is 14.4 Å². The van der Waals surface area contributed by atoms with Gasteiger partial charge < -0.3 is 42.5 Å². The molecular weight excluding hydrogens is 530 g/mol. The summed E-state index contributed by atoms with van der Waals surface area (Å²) in [5.41, 5.74) is 13.7. The summed E-state index contributed by atoms with van der Waals surface area (Å²) in [6.45, 7) is 0.390. The van der Waals surface area contributed by atoms with Gasteiger partial charge in [0.15, 0.2) is 0 Å². The van der Waals surface area contributed by atoms with Crippen LogP contribution in [0.1, 0.15) is 36.2 Å². The molecule has 4 unspecified atom stereocenters. The van der Waals surface area contributed by atoms with Gasteiger partial charge in [-0.15, -0.1) is 0 Å². The fourth-order valence-electron chi connectivity index (χ4n) is 4.19. The van der Waals surface area contributed by atoms with E-state index in [2.05, 4.69) is 35.9 Å². The van der Waals surface area contributed by atoms with Crippen LogP contribution < -0.4 is 27.4 Å². The summed E-state index contributed by atoms with van der Waals surface area (Å²) >= 11 is 0. The summed E-state index contributed by atoms with van der Waals surface area (Å²) in [7, 11) is 0. The normalized spacial score (nSPS) is 13.9. The summed E-state index contributed by atoms with van der Waals surface area (Å²) in [6.07, 6.45) is 7.55. The van der Waals surface area contributed by atoms with Crippen molar-refractivity contribution in [2.24, 2.45) is 11.5 Å². The molecule has 1 aromatic carbocycles. The molecule has 3 aromatic rings. The van der Waals surface area contributed by atoms with E-state index in [0.29, 0.717) is 30.8 Å². The van der Waals surface area contributed by atoms with Crippen LogP contribution in [-0.4, -0.2) is 79.4 Å². The lowest BCUT2D eigenvalue weighted by Gasteiger charge is -2.25. The monoisotopic (exact) mass is 567 g/mol. The molecule has 3 amide bonds. The summed E-state index contributed by atoms with van der Waals surface area (Å²) in [6, 6.07) is 4.76. The van der Waals surface area contributed by atoms with Crippen molar-refractivity contribution in [1.29, 1.82) is 0 Å². The van der Waals surface area contributed by atoms with Crippen LogP contribution in [0.3, 0.4) is 0 Å². The Morgan fingerprint density at radius 2 is 1.37 bits per heavy atom. The molecule has 0 aliphatic carbocycles. The first-order valence-corrected chi connectivity index (χ1v) is 13.3. The van der Waals surface area contributed by atoms with Crippen LogP contribution in [0.2, 0.25) is 0 Å². The number of benzene rings is 1. The molecule has 2 heterocycles. The average Bonchev–Trinajstić information content (AvgIpc) is 3.67. The lowest BCUT2D eigenvalue weighted by molar-refractivity contribution is -0.142. The molecular formula is C27H37N9O5. The van der Waals surface area contributed by atoms with Crippen LogP contribution >= 0.6 is 0 Å². The Morgan fingerprint density at radius 1 is 0.780 bits per heavy atom. The lowest BCUT2D eigenvalue weighted by atomic mass is 10.0. The van der Waals surface area contributed by atoms with Gasteiger partial charge in [-0.25, -0.2) is 14.8 Å². The van der Waals surface area contributed by atoms with Crippen molar-refractivity contribution in [2.75, 3.05) is 6.54 Å². The number of aromatic amines is 2. The molecule has 0 aliphatic heterocycles. The molecule has 0 saturated carbocycles. The Bertz CT molecular complexity index is 1240. The van der Waals surface area contributed by atoms with Gasteiger partial charge in [-0.2, -0.15) is 0 Å². The summed E-state index contributed by atoms with van der Waals surface area (Å²) in [5.74, 6) is -3.06. The van der Waals surface area contributed by atoms with Crippen molar-refractivity contribution in [3.8, 4) is 0 Å². The van der Waals surface area contributed by atoms with Crippen LogP contribution in [0.4, 0.5) is 0 Å². The van der Waals surface area contributed by atoms with E-state index in [4.69, 9.17) is 11.5 Å². The zero-order valence-corrected chi connectivity index (χ0v) is 22.6. The van der Waals surface area contributed by atoms with Crippen LogP contribution in [-0.2, 0) is 38.4 Å². The van der Waals surface area contributed by atoms with Gasteiger partial charge in [-0.1, -0.05) is 30.3 Å². The van der Waals surface area contributed by atoms with E-state index < -0.39 is 47.9 Å². The molecule has 41 heavy (non-hydrogen) atoms. The second-order valence-corrected chi connectivity index (χ2v) is 9.66. The first-order valence-electron chi connectivity index (χ1n) is 13.3. The molecule has 0 bridgehead atoms. The fraction of sp³-hybridized carbons (Fsp3) is 0.407. The zero-order chi connectivity index (χ0) is 29.6. The van der Waals surface area contributed by atoms with Crippen LogP contribution in [0.15, 0.2) is 55.4 Å². The molecule has 4 atom stereocenters. The van der Waals surface area contributed by atoms with Gasteiger partial charge >= 0.3 is 5.97 Å². The maximum atomic E-state index is 13.5. The van der Waals surface area contributed by atoms with E-state index in [1.807, 2.05) is 30.3 Å². The van der Waals surface area contributed by atoms with Gasteiger partial charge in [0.05, 0.1) is 18.7 Å². The number of carboxylic acids is 1. The number of nitrogens with zero attached hydrogens (tertiary/aromatic N) is 2. The maximum Gasteiger partial charge on any atom is 0.326 e. The molecule has 3 rings (SSSR count). The predicted molar refractivity (Wildman–Crippen MR) is 149 cm³/mol. The topological polar surface area (TPSA) is 234 Å². The van der Waals surface area contributed by atoms with Crippen molar-refractivity contribution in [3.05, 3.63) is 72.3 Å². The van der Waals surface area contributed by atoms with E-state index in [1.54, 1.807) is 6.20 Å². The minimum Gasteiger partial charge on any atom is -0.480 e. The molecule has 2 aromatic heterocycles. The van der Waals surface area contributed by atoms with Crippen LogP contribution in [0.5, 0.6) is 0 Å². The molecule has 0 spiro atoms. The number of imidazole rings is 2. The molecule has 220 valence electrons. The largest absolute Gasteiger partial charge is 0.480 e. The van der Waals surface area contributed by atoms with Crippen molar-refractivity contribution in [3.63, 3.8) is 0 Å². The standard InChI is InChI=1S/C27H37N9O5/c28-9-5-4-8-21(25(38)36-23(27(40)41)12-19-14-31-16-33-19)34-26(39)22(10-17-6-2-1-3-7-17)35-24(37)20(29)11-18-13-30-15-32-18/h1-3,6-7,13-16,20-23H,4-5,8-12,28-29H2,(H,30,32)(H,31,33)(H,34,39)(H,35,37)(H,36,38)(H,40,41). The SMILES string of the molecule is NCCCCC(NC(=O)C(Cc1ccccc1)NC(=O)C(N)Cc1cnc[nH]1)C(=O)NC(Cc1cnc[nH]1)C(=O)O. The number of aromatic nitrogens is 4. The number of aliphatic carboxylic acids is 1. The first kappa shape index (κ1) is 31.0. The third-order valence-corrected chi connectivity index (χ3v) is 6.42. The van der Waals surface area contributed by atoms with Gasteiger partial charge in [0.1, 0.15) is 18.1 Å². The van der Waals surface area contributed by atoms with Gasteiger partial charge in [-0.05, 0) is 31.4 Å². The third-order valence-electron chi connectivity index (χ3n) is 6.42. The van der Waals surface area contributed by atoms with E-state index in [0.717, 1.165) is 5.56 Å². The number of rotatable bonds is 17. The quantitative estimate of drug-likeness (QED) is 0.0948. The van der Waals surface area contributed by atoms with Gasteiger partial charge in [0.2, 0.25) is 17.7 Å². The van der Waals surface area contributed by atoms with Crippen molar-refractivity contribution in [1.82, 2.24) is 35.9 Å². The number of nitrogens with two attached hydrogens (primary N) is 2. The Morgan fingerprint density at radius 3 is 1.95 bits per heavy atom. The zero-order valence-electron chi connectivity index (χ0n) is 22.6. The average molecular weight is 568 g/mol. The third kappa shape index (κ3) is 10.2. The highest BCUT2D eigenvalue weighted by atomic mass is 16.4. The lowest BCUT2D eigenvalue weighted by Crippen LogP contribution is -2.58. The second-order valence-electron chi connectivity index (χ2n) is 9.66. The van der Waals surface area contributed by atoms with E-state index >= 15 is 0 Å². The molecule has 0 radical (unpaired) electrons. The Kier molecular flexibility index (Phi) is 12.0. The number of carbonyl (C=O) groups is 4. The minimum absolute atomic E-state index is 0.0224. The molecule has 14 heteroatoms. The summed E-state index contributed by atoms with van der Waals surface area (Å²) in [5, 5.41) is 17.6. The van der Waals surface area contributed by atoms with Crippen molar-refractivity contribution < 1.29 is 24.3 Å². The summed E-state index contributed by atoms with van der Waals surface area (Å²) < 4.78 is 0. The number of carboxylic acid groups (broad SMARTS) is 1. The number of unbranched alkanes of at least 4 members (excludes halogenated alkanes) is 1. The smallest absolute Gasteiger partial charge is 0.326 e. The van der Waals surface area contributed by atoms with Crippen LogP contribution in [0, 0.1) is 0 Å². The summed E-state index contributed by atoms with van der Waals surface area (Å²) in [4.78, 5) is 65.1. The number of nitrogens with one attached hydrogen (secondary N) is 5. The number of hydrogen-bond acceptors (Lipinski definition) is 8. The van der Waals surface area contributed by atoms with E-state index in [1.165, 1.54) is 18.9 Å². The Balaban J connectivity index is 1.74. The molecule has 0 aliphatic rings. The molecule has 14 nitrogen and oxygen atoms in total. The molecule has 0 fully saturated rings. The second kappa shape index (κ2) is 15.9. The highest BCUT2D eigenvalue weighted by molar-refractivity contribution is 5.94.